The van der Waals surface area contributed by atoms with Crippen LogP contribution in [-0.4, -0.2) is 53.9 Å². The first-order chi connectivity index (χ1) is 21.3. The van der Waals surface area contributed by atoms with Gasteiger partial charge in [-0.25, -0.2) is 4.98 Å². The van der Waals surface area contributed by atoms with Crippen LogP contribution in [0.15, 0.2) is 78.9 Å². The number of halogens is 2. The van der Waals surface area contributed by atoms with E-state index < -0.39 is 4.33 Å². The molecule has 1 aromatic heterocycles. The summed E-state index contributed by atoms with van der Waals surface area (Å²) in [4.78, 5) is 29.4. The molecule has 2 atom stereocenters. The molecule has 2 saturated heterocycles. The van der Waals surface area contributed by atoms with E-state index in [4.69, 9.17) is 32.9 Å². The second-order valence-electron chi connectivity index (χ2n) is 11.4. The Morgan fingerprint density at radius 1 is 1.11 bits per heavy atom. The fraction of sp³-hybridized carbons (Fsp3) is 0.324. The van der Waals surface area contributed by atoms with Crippen molar-refractivity contribution in [3.63, 3.8) is 0 Å². The number of nitrogens with zero attached hydrogens (tertiary/aromatic N) is 1. The quantitative estimate of drug-likeness (QED) is 0.230. The lowest BCUT2D eigenvalue weighted by atomic mass is 9.83. The lowest BCUT2D eigenvalue weighted by molar-refractivity contribution is -0.121. The summed E-state index contributed by atoms with van der Waals surface area (Å²) in [6.45, 7) is 2.50. The van der Waals surface area contributed by atoms with Crippen molar-refractivity contribution in [3.05, 3.63) is 95.6 Å². The van der Waals surface area contributed by atoms with Crippen molar-refractivity contribution in [2.24, 2.45) is 5.92 Å². The van der Waals surface area contributed by atoms with Gasteiger partial charge < -0.3 is 26.0 Å². The second kappa shape index (κ2) is 13.1. The van der Waals surface area contributed by atoms with Crippen LogP contribution < -0.4 is 26.0 Å². The molecule has 3 heterocycles. The number of hydrogen-bond donors (Lipinski definition) is 4. The third kappa shape index (κ3) is 6.40. The fourth-order valence-electron chi connectivity index (χ4n) is 5.82. The predicted octanol–water partition coefficient (Wildman–Crippen LogP) is 5.19. The van der Waals surface area contributed by atoms with Crippen LogP contribution in [0.1, 0.15) is 35.4 Å². The minimum Gasteiger partial charge on any atom is -0.481 e. The average Bonchev–Trinajstić information content (AvgIpc) is 3.41. The highest BCUT2D eigenvalue weighted by molar-refractivity contribution is 6.55. The number of benzene rings is 2. The molecule has 1 aliphatic carbocycles. The van der Waals surface area contributed by atoms with Crippen molar-refractivity contribution >= 4 is 46.3 Å². The molecule has 3 aromatic rings. The van der Waals surface area contributed by atoms with Crippen molar-refractivity contribution < 1.29 is 14.3 Å². The van der Waals surface area contributed by atoms with E-state index >= 15 is 0 Å². The number of carbonyl (C=O) groups excluding carboxylic acids is 2. The third-order valence-corrected chi connectivity index (χ3v) is 9.29. The zero-order valence-corrected chi connectivity index (χ0v) is 25.9. The summed E-state index contributed by atoms with van der Waals surface area (Å²) in [6, 6.07) is 19.8. The van der Waals surface area contributed by atoms with E-state index in [0.717, 1.165) is 34.2 Å². The summed E-state index contributed by atoms with van der Waals surface area (Å²) in [6.07, 6.45) is 7.32. The van der Waals surface area contributed by atoms with E-state index in [1.807, 2.05) is 78.9 Å². The van der Waals surface area contributed by atoms with Crippen LogP contribution in [0.5, 0.6) is 5.88 Å². The van der Waals surface area contributed by atoms with E-state index in [2.05, 4.69) is 21.3 Å². The molecule has 3 aliphatic rings. The number of hydrogen-bond acceptors (Lipinski definition) is 6. The normalized spacial score (nSPS) is 20.9. The van der Waals surface area contributed by atoms with Crippen molar-refractivity contribution in [2.75, 3.05) is 32.1 Å². The molecule has 6 rings (SSSR count). The largest absolute Gasteiger partial charge is 0.481 e. The summed E-state index contributed by atoms with van der Waals surface area (Å²) in [5.74, 6) is 0.0940. The maximum atomic E-state index is 13.0. The van der Waals surface area contributed by atoms with Crippen molar-refractivity contribution in [2.45, 2.75) is 35.7 Å². The monoisotopic (exact) mass is 631 g/mol. The molecule has 2 aromatic carbocycles. The van der Waals surface area contributed by atoms with Crippen molar-refractivity contribution in [1.29, 1.82) is 0 Å². The summed E-state index contributed by atoms with van der Waals surface area (Å²) in [5.41, 5.74) is 5.58. The number of anilines is 1. The smallest absolute Gasteiger partial charge is 0.230 e. The van der Waals surface area contributed by atoms with Gasteiger partial charge in [-0.05, 0) is 41.3 Å². The van der Waals surface area contributed by atoms with Crippen LogP contribution in [0.2, 0.25) is 0 Å². The Kier molecular flexibility index (Phi) is 9.05. The molecule has 0 spiro atoms. The van der Waals surface area contributed by atoms with E-state index in [0.29, 0.717) is 49.9 Å². The zero-order valence-electron chi connectivity index (χ0n) is 24.4. The first-order valence-corrected chi connectivity index (χ1v) is 15.6. The molecule has 228 valence electrons. The van der Waals surface area contributed by atoms with Gasteiger partial charge in [0, 0.05) is 55.7 Å². The molecule has 2 aliphatic heterocycles. The van der Waals surface area contributed by atoms with Gasteiger partial charge in [0.25, 0.3) is 0 Å². The minimum absolute atomic E-state index is 0.0413. The number of ether oxygens (including phenoxy) is 1. The standard InChI is InChI=1S/C34H35Cl2N5O3/c1-44-33-23(17-38-20-25-12-15-31(42)39-25)11-14-30(41-33)26-16-22(10-13-29(26)40-32(43)24-18-37-19-24)28-9-5-8-27(34(28,35)36)21-6-3-2-4-7-21/h2-11,13-14,16,24-25,28,37-38H,12,15,17-20H2,1H3,(H,39,42)(H,40,43). The maximum absolute atomic E-state index is 13.0. The third-order valence-electron chi connectivity index (χ3n) is 8.41. The van der Waals surface area contributed by atoms with Gasteiger partial charge in [0.05, 0.1) is 24.4 Å². The van der Waals surface area contributed by atoms with Gasteiger partial charge >= 0.3 is 0 Å². The van der Waals surface area contributed by atoms with Crippen LogP contribution in [0, 0.1) is 5.92 Å². The average molecular weight is 633 g/mol. The first-order valence-electron chi connectivity index (χ1n) is 14.9. The number of carbonyl (C=O) groups is 2. The molecule has 10 heteroatoms. The highest BCUT2D eigenvalue weighted by Crippen LogP contribution is 2.51. The number of methoxy groups -OCH3 is 1. The van der Waals surface area contributed by atoms with Crippen LogP contribution in [-0.2, 0) is 16.1 Å². The fourth-order valence-corrected chi connectivity index (χ4v) is 6.56. The topological polar surface area (TPSA) is 104 Å². The highest BCUT2D eigenvalue weighted by atomic mass is 35.5. The van der Waals surface area contributed by atoms with E-state index in [1.165, 1.54) is 0 Å². The number of allylic oxidation sites excluding steroid dienone is 4. The van der Waals surface area contributed by atoms with Gasteiger partial charge in [-0.2, -0.15) is 0 Å². The Bertz CT molecular complexity index is 1600. The summed E-state index contributed by atoms with van der Waals surface area (Å²) in [7, 11) is 1.59. The van der Waals surface area contributed by atoms with E-state index in [9.17, 15) is 9.59 Å². The van der Waals surface area contributed by atoms with E-state index in [-0.39, 0.29) is 29.7 Å². The lowest BCUT2D eigenvalue weighted by Gasteiger charge is -2.33. The Labute approximate surface area is 267 Å². The number of alkyl halides is 2. The molecule has 2 fully saturated rings. The Morgan fingerprint density at radius 2 is 1.93 bits per heavy atom. The van der Waals surface area contributed by atoms with Gasteiger partial charge in [-0.1, -0.05) is 83.9 Å². The summed E-state index contributed by atoms with van der Waals surface area (Å²) >= 11 is 14.3. The lowest BCUT2D eigenvalue weighted by Crippen LogP contribution is -2.48. The predicted molar refractivity (Wildman–Crippen MR) is 175 cm³/mol. The summed E-state index contributed by atoms with van der Waals surface area (Å²) in [5, 5.41) is 12.6. The number of pyridine rings is 1. The number of nitrogens with one attached hydrogen (secondary N) is 4. The molecule has 44 heavy (non-hydrogen) atoms. The summed E-state index contributed by atoms with van der Waals surface area (Å²) < 4.78 is 4.47. The molecule has 0 saturated carbocycles. The minimum atomic E-state index is -1.23. The number of amides is 2. The Balaban J connectivity index is 1.31. The van der Waals surface area contributed by atoms with Crippen LogP contribution in [0.25, 0.3) is 16.8 Å². The molecule has 2 amide bonds. The highest BCUT2D eigenvalue weighted by Gasteiger charge is 2.40. The van der Waals surface area contributed by atoms with Gasteiger partial charge in [-0.15, -0.1) is 0 Å². The second-order valence-corrected chi connectivity index (χ2v) is 12.8. The van der Waals surface area contributed by atoms with Gasteiger partial charge in [-0.3, -0.25) is 9.59 Å². The van der Waals surface area contributed by atoms with E-state index in [1.54, 1.807) is 7.11 Å². The molecular formula is C34H35Cl2N5O3. The Morgan fingerprint density at radius 3 is 2.64 bits per heavy atom. The van der Waals surface area contributed by atoms with Crippen molar-refractivity contribution in [3.8, 4) is 17.1 Å². The first kappa shape index (κ1) is 30.3. The van der Waals surface area contributed by atoms with Crippen LogP contribution in [0.3, 0.4) is 0 Å². The molecule has 8 nitrogen and oxygen atoms in total. The molecular weight excluding hydrogens is 597 g/mol. The van der Waals surface area contributed by atoms with Gasteiger partial charge in [0.2, 0.25) is 17.7 Å². The van der Waals surface area contributed by atoms with Gasteiger partial charge in [0.15, 0.2) is 4.33 Å². The maximum Gasteiger partial charge on any atom is 0.230 e. The number of aromatic nitrogens is 1. The van der Waals surface area contributed by atoms with Gasteiger partial charge in [0.1, 0.15) is 0 Å². The van der Waals surface area contributed by atoms with Crippen molar-refractivity contribution in [1.82, 2.24) is 20.9 Å². The molecule has 0 radical (unpaired) electrons. The van der Waals surface area contributed by atoms with Crippen LogP contribution in [0.4, 0.5) is 5.69 Å². The molecule has 4 N–H and O–H groups in total. The van der Waals surface area contributed by atoms with Crippen LogP contribution >= 0.6 is 23.2 Å². The molecule has 0 bridgehead atoms. The molecule has 2 unspecified atom stereocenters. The number of rotatable bonds is 10. The Hall–Kier alpha value is -3.69. The zero-order chi connectivity index (χ0) is 30.7. The SMILES string of the molecule is COc1nc(-c2cc(C3C=CC=C(c4ccccc4)C3(Cl)Cl)ccc2NC(=O)C2CNC2)ccc1CNCC1CCC(=O)N1.